The van der Waals surface area contributed by atoms with Crippen LogP contribution in [0.1, 0.15) is 6.92 Å². The number of rotatable bonds is 1. The molecule has 1 fully saturated rings. The molecule has 82 valence electrons. The van der Waals surface area contributed by atoms with E-state index in [1.54, 1.807) is 0 Å². The second-order valence-electron chi connectivity index (χ2n) is 3.93. The molecule has 1 heterocycles. The van der Waals surface area contributed by atoms with Gasteiger partial charge in [-0.3, -0.25) is 0 Å². The van der Waals surface area contributed by atoms with E-state index in [1.165, 1.54) is 12.1 Å². The van der Waals surface area contributed by atoms with Gasteiger partial charge in [0.25, 0.3) is 0 Å². The summed E-state index contributed by atoms with van der Waals surface area (Å²) < 4.78 is 14.8. The molecule has 1 saturated heterocycles. The zero-order valence-corrected chi connectivity index (χ0v) is 9.62. The van der Waals surface area contributed by atoms with Crippen molar-refractivity contribution in [3.8, 4) is 0 Å². The van der Waals surface area contributed by atoms with E-state index in [4.69, 9.17) is 0 Å². The summed E-state index contributed by atoms with van der Waals surface area (Å²) in [5.74, 6) is -0.181. The highest BCUT2D eigenvalue weighted by Crippen LogP contribution is 2.21. The van der Waals surface area contributed by atoms with Crippen molar-refractivity contribution in [1.29, 1.82) is 0 Å². The van der Waals surface area contributed by atoms with Gasteiger partial charge in [-0.05, 0) is 31.2 Å². The zero-order valence-electron chi connectivity index (χ0n) is 8.73. The SMILES string of the molecule is CC1CN(S)CCN1c1ccc(F)cc1. The lowest BCUT2D eigenvalue weighted by atomic mass is 10.2. The third kappa shape index (κ3) is 2.44. The first-order valence-corrected chi connectivity index (χ1v) is 5.53. The number of hydrogen-bond acceptors (Lipinski definition) is 3. The van der Waals surface area contributed by atoms with E-state index in [2.05, 4.69) is 24.6 Å². The minimum Gasteiger partial charge on any atom is -0.366 e. The summed E-state index contributed by atoms with van der Waals surface area (Å²) in [4.78, 5) is 2.28. The summed E-state index contributed by atoms with van der Waals surface area (Å²) in [5.41, 5.74) is 1.09. The summed E-state index contributed by atoms with van der Waals surface area (Å²) in [6, 6.07) is 7.10. The molecule has 0 radical (unpaired) electrons. The fraction of sp³-hybridized carbons (Fsp3) is 0.455. The van der Waals surface area contributed by atoms with Crippen LogP contribution in [-0.4, -0.2) is 30.0 Å². The summed E-state index contributed by atoms with van der Waals surface area (Å²) in [7, 11) is 0. The van der Waals surface area contributed by atoms with Crippen molar-refractivity contribution in [1.82, 2.24) is 4.31 Å². The quantitative estimate of drug-likeness (QED) is 0.733. The summed E-state index contributed by atoms with van der Waals surface area (Å²) >= 11 is 4.34. The van der Waals surface area contributed by atoms with Gasteiger partial charge < -0.3 is 4.90 Å². The fourth-order valence-electron chi connectivity index (χ4n) is 1.95. The smallest absolute Gasteiger partial charge is 0.123 e. The van der Waals surface area contributed by atoms with Crippen molar-refractivity contribution in [3.05, 3.63) is 30.1 Å². The summed E-state index contributed by atoms with van der Waals surface area (Å²) in [5, 5.41) is 0. The predicted molar refractivity (Wildman–Crippen MR) is 63.8 cm³/mol. The van der Waals surface area contributed by atoms with Gasteiger partial charge in [0, 0.05) is 31.4 Å². The Hall–Kier alpha value is -0.740. The maximum atomic E-state index is 12.8. The lowest BCUT2D eigenvalue weighted by Gasteiger charge is -2.39. The van der Waals surface area contributed by atoms with Crippen LogP contribution in [0.3, 0.4) is 0 Å². The molecule has 2 nitrogen and oxygen atoms in total. The summed E-state index contributed by atoms with van der Waals surface area (Å²) in [6.45, 7) is 4.97. The van der Waals surface area contributed by atoms with E-state index < -0.39 is 0 Å². The van der Waals surface area contributed by atoms with E-state index >= 15 is 0 Å². The normalized spacial score (nSPS) is 23.1. The van der Waals surface area contributed by atoms with E-state index in [0.29, 0.717) is 6.04 Å². The van der Waals surface area contributed by atoms with Gasteiger partial charge in [-0.25, -0.2) is 8.70 Å². The molecule has 0 bridgehead atoms. The van der Waals surface area contributed by atoms with Gasteiger partial charge in [0.1, 0.15) is 5.82 Å². The Morgan fingerprint density at radius 1 is 1.27 bits per heavy atom. The Balaban J connectivity index is 2.13. The first kappa shape index (κ1) is 10.8. The van der Waals surface area contributed by atoms with Crippen molar-refractivity contribution in [2.75, 3.05) is 24.5 Å². The number of hydrogen-bond donors (Lipinski definition) is 1. The number of piperazine rings is 1. The highest BCUT2D eigenvalue weighted by molar-refractivity contribution is 7.77. The van der Waals surface area contributed by atoms with Crippen LogP contribution in [0.4, 0.5) is 10.1 Å². The molecular weight excluding hydrogens is 211 g/mol. The molecule has 4 heteroatoms. The van der Waals surface area contributed by atoms with E-state index in [9.17, 15) is 4.39 Å². The van der Waals surface area contributed by atoms with Crippen LogP contribution in [-0.2, 0) is 0 Å². The lowest BCUT2D eigenvalue weighted by molar-refractivity contribution is 0.378. The third-order valence-electron chi connectivity index (χ3n) is 2.76. The van der Waals surface area contributed by atoms with Crippen molar-refractivity contribution >= 4 is 18.5 Å². The van der Waals surface area contributed by atoms with Gasteiger partial charge in [-0.1, -0.05) is 12.8 Å². The van der Waals surface area contributed by atoms with Gasteiger partial charge in [-0.2, -0.15) is 0 Å². The average Bonchev–Trinajstić information content (AvgIpc) is 2.20. The molecule has 2 rings (SSSR count). The average molecular weight is 226 g/mol. The second kappa shape index (κ2) is 4.41. The highest BCUT2D eigenvalue weighted by atomic mass is 32.1. The molecule has 1 aromatic carbocycles. The molecule has 15 heavy (non-hydrogen) atoms. The maximum absolute atomic E-state index is 12.8. The Bertz CT molecular complexity index is 328. The van der Waals surface area contributed by atoms with Crippen LogP contribution in [0.25, 0.3) is 0 Å². The second-order valence-corrected chi connectivity index (χ2v) is 4.50. The Labute approximate surface area is 95.2 Å². The molecule has 0 spiro atoms. The van der Waals surface area contributed by atoms with Gasteiger partial charge in [0.15, 0.2) is 0 Å². The van der Waals surface area contributed by atoms with Crippen LogP contribution >= 0.6 is 12.8 Å². The molecule has 1 unspecified atom stereocenters. The molecule has 0 aromatic heterocycles. The predicted octanol–water partition coefficient (Wildman–Crippen LogP) is 2.18. The fourth-order valence-corrected chi connectivity index (χ4v) is 2.28. The molecule has 1 aromatic rings. The molecule has 0 amide bonds. The van der Waals surface area contributed by atoms with Crippen molar-refractivity contribution in [2.45, 2.75) is 13.0 Å². The van der Waals surface area contributed by atoms with Crippen molar-refractivity contribution in [2.24, 2.45) is 0 Å². The van der Waals surface area contributed by atoms with Gasteiger partial charge in [0.2, 0.25) is 0 Å². The van der Waals surface area contributed by atoms with E-state index in [1.807, 2.05) is 16.4 Å². The van der Waals surface area contributed by atoms with Gasteiger partial charge in [-0.15, -0.1) is 0 Å². The topological polar surface area (TPSA) is 6.48 Å². The van der Waals surface area contributed by atoms with E-state index in [-0.39, 0.29) is 5.82 Å². The number of halogens is 1. The Kier molecular flexibility index (Phi) is 3.17. The number of anilines is 1. The van der Waals surface area contributed by atoms with Gasteiger partial charge in [0.05, 0.1) is 0 Å². The van der Waals surface area contributed by atoms with Crippen LogP contribution in [0, 0.1) is 5.82 Å². The first-order chi connectivity index (χ1) is 7.16. The standard InChI is InChI=1S/C11H15FN2S/c1-9-8-13(15)6-7-14(9)11-4-2-10(12)3-5-11/h2-5,9,15H,6-8H2,1H3. The van der Waals surface area contributed by atoms with Crippen LogP contribution in [0.15, 0.2) is 24.3 Å². The molecule has 0 aliphatic carbocycles. The third-order valence-corrected chi connectivity index (χ3v) is 3.13. The summed E-state index contributed by atoms with van der Waals surface area (Å²) in [6.07, 6.45) is 0. The Morgan fingerprint density at radius 3 is 2.53 bits per heavy atom. The largest absolute Gasteiger partial charge is 0.366 e. The van der Waals surface area contributed by atoms with Crippen LogP contribution in [0.5, 0.6) is 0 Å². The minimum absolute atomic E-state index is 0.181. The maximum Gasteiger partial charge on any atom is 0.123 e. The monoisotopic (exact) mass is 226 g/mol. The minimum atomic E-state index is -0.181. The van der Waals surface area contributed by atoms with Gasteiger partial charge >= 0.3 is 0 Å². The lowest BCUT2D eigenvalue weighted by Crippen LogP contribution is -2.48. The molecule has 0 saturated carbocycles. The first-order valence-electron chi connectivity index (χ1n) is 5.13. The molecule has 1 aliphatic heterocycles. The molecule has 0 N–H and O–H groups in total. The zero-order chi connectivity index (χ0) is 10.8. The Morgan fingerprint density at radius 2 is 1.93 bits per heavy atom. The number of benzene rings is 1. The molecule has 1 atom stereocenters. The van der Waals surface area contributed by atoms with E-state index in [0.717, 1.165) is 25.3 Å². The number of thiol groups is 1. The highest BCUT2D eigenvalue weighted by Gasteiger charge is 2.21. The van der Waals surface area contributed by atoms with Crippen LogP contribution < -0.4 is 4.90 Å². The number of nitrogens with zero attached hydrogens (tertiary/aromatic N) is 2. The van der Waals surface area contributed by atoms with Crippen LogP contribution in [0.2, 0.25) is 0 Å². The molecule has 1 aliphatic rings. The molecular formula is C11H15FN2S. The van der Waals surface area contributed by atoms with Crippen molar-refractivity contribution < 1.29 is 4.39 Å². The van der Waals surface area contributed by atoms with Crippen molar-refractivity contribution in [3.63, 3.8) is 0 Å².